The quantitative estimate of drug-likeness (QED) is 0.316. The molecule has 4 rings (SSSR count). The number of aromatic nitrogens is 2. The van der Waals surface area contributed by atoms with E-state index in [1.165, 1.54) is 23.0 Å². The molecular weight excluding hydrogens is 528 g/mol. The van der Waals surface area contributed by atoms with Crippen LogP contribution in [0.3, 0.4) is 0 Å². The average Bonchev–Trinajstić information content (AvgIpc) is 3.08. The first-order valence-corrected chi connectivity index (χ1v) is 12.4. The van der Waals surface area contributed by atoms with Crippen LogP contribution in [-0.2, 0) is 10.0 Å². The number of anilines is 1. The third-order valence-corrected chi connectivity index (χ3v) is 7.13. The molecule has 0 fully saturated rings. The Hall–Kier alpha value is -3.14. The van der Waals surface area contributed by atoms with Crippen molar-refractivity contribution in [3.63, 3.8) is 0 Å². The van der Waals surface area contributed by atoms with Crippen molar-refractivity contribution in [3.05, 3.63) is 104 Å². The Morgan fingerprint density at radius 3 is 2.36 bits per heavy atom. The zero-order chi connectivity index (χ0) is 23.6. The molecule has 0 spiro atoms. The molecule has 0 amide bonds. The lowest BCUT2D eigenvalue weighted by Crippen LogP contribution is -2.17. The lowest BCUT2D eigenvalue weighted by Gasteiger charge is -2.09. The van der Waals surface area contributed by atoms with Crippen LogP contribution in [0.4, 0.5) is 11.4 Å². The first-order chi connectivity index (χ1) is 15.7. The topological polar surface area (TPSA) is 96.3 Å². The van der Waals surface area contributed by atoms with Gasteiger partial charge in [0, 0.05) is 21.4 Å². The minimum Gasteiger partial charge on any atom is -0.295 e. The molecule has 0 atom stereocenters. The maximum Gasteiger partial charge on any atom is 0.280 e. The molecule has 1 aromatic heterocycles. The van der Waals surface area contributed by atoms with Gasteiger partial charge in [0.2, 0.25) is 0 Å². The number of sulfonamides is 1. The predicted octanol–water partition coefficient (Wildman–Crippen LogP) is 5.44. The zero-order valence-corrected chi connectivity index (χ0v) is 20.4. The van der Waals surface area contributed by atoms with Crippen LogP contribution in [0.15, 0.2) is 92.0 Å². The summed E-state index contributed by atoms with van der Waals surface area (Å²) in [6.07, 6.45) is 1.46. The molecule has 10 heteroatoms. The van der Waals surface area contributed by atoms with Gasteiger partial charge >= 0.3 is 0 Å². The van der Waals surface area contributed by atoms with Gasteiger partial charge in [-0.15, -0.1) is 0 Å². The number of halogens is 2. The second-order valence-electron chi connectivity index (χ2n) is 7.10. The van der Waals surface area contributed by atoms with Crippen LogP contribution < -0.4 is 10.3 Å². The summed E-state index contributed by atoms with van der Waals surface area (Å²) in [5, 5.41) is 3.60. The van der Waals surface area contributed by atoms with E-state index in [1.54, 1.807) is 67.6 Å². The standard InChI is InChI=1S/C23H18BrClN4O3S/c1-15-20(23(30)29(27-15)18-10-6-16(25)7-11-18)14-26-17-8-12-19(13-9-17)33(31,32)28-22-5-3-2-4-21(22)24/h2-14,27-28H,1H3. The van der Waals surface area contributed by atoms with Crippen LogP contribution in [0, 0.1) is 6.92 Å². The molecule has 0 aliphatic carbocycles. The average molecular weight is 546 g/mol. The number of aliphatic imine (C=N–C) groups is 1. The Morgan fingerprint density at radius 2 is 1.70 bits per heavy atom. The van der Waals surface area contributed by atoms with Gasteiger partial charge in [-0.3, -0.25) is 19.6 Å². The summed E-state index contributed by atoms with van der Waals surface area (Å²) in [6.45, 7) is 1.78. The molecule has 0 bridgehead atoms. The summed E-state index contributed by atoms with van der Waals surface area (Å²) in [6, 6.07) is 19.9. The molecule has 168 valence electrons. The monoisotopic (exact) mass is 544 g/mol. The highest BCUT2D eigenvalue weighted by atomic mass is 79.9. The molecule has 0 saturated carbocycles. The van der Waals surface area contributed by atoms with Crippen molar-refractivity contribution in [2.45, 2.75) is 11.8 Å². The van der Waals surface area contributed by atoms with Gasteiger partial charge < -0.3 is 0 Å². The number of hydrogen-bond acceptors (Lipinski definition) is 4. The van der Waals surface area contributed by atoms with E-state index in [2.05, 4.69) is 30.7 Å². The van der Waals surface area contributed by atoms with Crippen LogP contribution in [-0.4, -0.2) is 24.4 Å². The number of para-hydroxylation sites is 1. The second-order valence-corrected chi connectivity index (χ2v) is 10.1. The molecule has 33 heavy (non-hydrogen) atoms. The van der Waals surface area contributed by atoms with Crippen molar-refractivity contribution in [2.24, 2.45) is 4.99 Å². The van der Waals surface area contributed by atoms with E-state index >= 15 is 0 Å². The van der Waals surface area contributed by atoms with Crippen LogP contribution in [0.25, 0.3) is 5.69 Å². The minimum absolute atomic E-state index is 0.0973. The Labute approximate surface area is 203 Å². The third kappa shape index (κ3) is 5.11. The Morgan fingerprint density at radius 1 is 1.03 bits per heavy atom. The molecule has 7 nitrogen and oxygen atoms in total. The lowest BCUT2D eigenvalue weighted by molar-refractivity contribution is 0.601. The lowest BCUT2D eigenvalue weighted by atomic mass is 10.2. The maximum absolute atomic E-state index is 12.8. The molecule has 1 heterocycles. The minimum atomic E-state index is -3.76. The summed E-state index contributed by atoms with van der Waals surface area (Å²) in [5.41, 5.74) is 2.40. The summed E-state index contributed by atoms with van der Waals surface area (Å²) < 4.78 is 29.9. The number of H-pyrrole nitrogens is 1. The van der Waals surface area contributed by atoms with Gasteiger partial charge in [-0.05, 0) is 83.5 Å². The van der Waals surface area contributed by atoms with Gasteiger partial charge in [-0.25, -0.2) is 13.1 Å². The number of benzene rings is 3. The highest BCUT2D eigenvalue weighted by Crippen LogP contribution is 2.25. The van der Waals surface area contributed by atoms with Crippen molar-refractivity contribution < 1.29 is 8.42 Å². The van der Waals surface area contributed by atoms with Crippen molar-refractivity contribution in [3.8, 4) is 5.69 Å². The van der Waals surface area contributed by atoms with E-state index in [4.69, 9.17) is 11.6 Å². The van der Waals surface area contributed by atoms with Crippen molar-refractivity contribution in [1.29, 1.82) is 0 Å². The fraction of sp³-hybridized carbons (Fsp3) is 0.0435. The molecule has 0 aliphatic heterocycles. The highest BCUT2D eigenvalue weighted by molar-refractivity contribution is 9.10. The van der Waals surface area contributed by atoms with E-state index in [1.807, 2.05) is 0 Å². The van der Waals surface area contributed by atoms with Crippen LogP contribution in [0.2, 0.25) is 5.02 Å². The van der Waals surface area contributed by atoms with Crippen molar-refractivity contribution >= 4 is 55.1 Å². The Bertz CT molecular complexity index is 1490. The molecule has 0 radical (unpaired) electrons. The van der Waals surface area contributed by atoms with Gasteiger partial charge in [0.15, 0.2) is 0 Å². The second kappa shape index (κ2) is 9.38. The number of rotatable bonds is 6. The molecule has 0 unspecified atom stereocenters. The van der Waals surface area contributed by atoms with Crippen LogP contribution in [0.5, 0.6) is 0 Å². The molecule has 3 aromatic carbocycles. The predicted molar refractivity (Wildman–Crippen MR) is 135 cm³/mol. The summed E-state index contributed by atoms with van der Waals surface area (Å²) in [7, 11) is -3.76. The van der Waals surface area contributed by atoms with Gasteiger partial charge in [-0.1, -0.05) is 23.7 Å². The van der Waals surface area contributed by atoms with Crippen LogP contribution in [0.1, 0.15) is 11.3 Å². The van der Waals surface area contributed by atoms with E-state index in [9.17, 15) is 13.2 Å². The third-order valence-electron chi connectivity index (χ3n) is 4.81. The number of aryl methyl sites for hydroxylation is 1. The molecule has 4 aromatic rings. The molecule has 0 aliphatic rings. The molecule has 0 saturated heterocycles. The van der Waals surface area contributed by atoms with E-state index < -0.39 is 10.0 Å². The Kier molecular flexibility index (Phi) is 6.55. The number of nitrogens with zero attached hydrogens (tertiary/aromatic N) is 2. The SMILES string of the molecule is Cc1[nH]n(-c2ccc(Cl)cc2)c(=O)c1C=Nc1ccc(S(=O)(=O)Nc2ccccc2Br)cc1. The molecule has 2 N–H and O–H groups in total. The van der Waals surface area contributed by atoms with Gasteiger partial charge in [0.05, 0.1) is 27.5 Å². The van der Waals surface area contributed by atoms with E-state index in [-0.39, 0.29) is 10.5 Å². The fourth-order valence-corrected chi connectivity index (χ4v) is 4.80. The van der Waals surface area contributed by atoms with Crippen molar-refractivity contribution in [2.75, 3.05) is 4.72 Å². The number of nitrogens with one attached hydrogen (secondary N) is 2. The van der Waals surface area contributed by atoms with Crippen molar-refractivity contribution in [1.82, 2.24) is 9.78 Å². The first-order valence-electron chi connectivity index (χ1n) is 9.74. The van der Waals surface area contributed by atoms with E-state index in [0.29, 0.717) is 37.8 Å². The number of hydrogen-bond donors (Lipinski definition) is 2. The summed E-state index contributed by atoms with van der Waals surface area (Å²) in [4.78, 5) is 17.2. The smallest absolute Gasteiger partial charge is 0.280 e. The largest absolute Gasteiger partial charge is 0.295 e. The number of aromatic amines is 1. The summed E-state index contributed by atoms with van der Waals surface area (Å²) in [5.74, 6) is 0. The van der Waals surface area contributed by atoms with Gasteiger partial charge in [0.25, 0.3) is 15.6 Å². The first kappa shape index (κ1) is 23.0. The maximum atomic E-state index is 12.8. The normalized spacial score (nSPS) is 11.7. The van der Waals surface area contributed by atoms with Gasteiger partial charge in [-0.2, -0.15) is 0 Å². The van der Waals surface area contributed by atoms with Crippen LogP contribution >= 0.6 is 27.5 Å². The fourth-order valence-electron chi connectivity index (χ4n) is 3.08. The zero-order valence-electron chi connectivity index (χ0n) is 17.3. The van der Waals surface area contributed by atoms with Gasteiger partial charge in [0.1, 0.15) is 0 Å². The molecular formula is C23H18BrClN4O3S. The van der Waals surface area contributed by atoms with E-state index in [0.717, 1.165) is 0 Å². The highest BCUT2D eigenvalue weighted by Gasteiger charge is 2.15. The Balaban J connectivity index is 1.55. The summed E-state index contributed by atoms with van der Waals surface area (Å²) >= 11 is 9.24.